The monoisotopic (exact) mass is 428 g/mol. The van der Waals surface area contributed by atoms with Gasteiger partial charge in [-0.1, -0.05) is 6.07 Å². The van der Waals surface area contributed by atoms with Gasteiger partial charge in [-0.3, -0.25) is 9.55 Å². The average molecular weight is 428 g/mol. The van der Waals surface area contributed by atoms with Crippen molar-refractivity contribution in [2.75, 3.05) is 11.9 Å². The summed E-state index contributed by atoms with van der Waals surface area (Å²) in [6.45, 7) is 3.92. The van der Waals surface area contributed by atoms with Gasteiger partial charge in [-0.15, -0.1) is 0 Å². The van der Waals surface area contributed by atoms with Gasteiger partial charge in [0, 0.05) is 25.4 Å². The number of ether oxygens (including phenoxy) is 2. The Balaban J connectivity index is 1.46. The molecule has 0 aliphatic carbocycles. The second kappa shape index (κ2) is 7.98. The van der Waals surface area contributed by atoms with Crippen molar-refractivity contribution >= 4 is 5.82 Å². The predicted octanol–water partition coefficient (Wildman–Crippen LogP) is 3.85. The molecule has 1 aromatic carbocycles. The Kier molecular flexibility index (Phi) is 5.34. The van der Waals surface area contributed by atoms with Gasteiger partial charge in [0.05, 0.1) is 17.8 Å². The predicted molar refractivity (Wildman–Crippen MR) is 111 cm³/mol. The molecule has 0 atom stereocenters. The zero-order chi connectivity index (χ0) is 22.2. The van der Waals surface area contributed by atoms with Crippen molar-refractivity contribution in [3.8, 4) is 17.4 Å². The van der Waals surface area contributed by atoms with Gasteiger partial charge in [0.15, 0.2) is 11.6 Å². The number of benzene rings is 1. The van der Waals surface area contributed by atoms with Crippen LogP contribution in [-0.4, -0.2) is 27.1 Å². The number of fused-ring (bicyclic) bond motifs is 1. The van der Waals surface area contributed by atoms with E-state index < -0.39 is 12.5 Å². The molecular formula is C22H22F2N4O3. The quantitative estimate of drug-likeness (QED) is 0.594. The van der Waals surface area contributed by atoms with Crippen molar-refractivity contribution < 1.29 is 18.3 Å². The zero-order valence-corrected chi connectivity index (χ0v) is 17.4. The SMILES string of the molecule is CN1c2cc(OCc3ccc(Oc4ccnc(CF)c4)c(F)c3)nc(=O)n2CC1(C)C. The van der Waals surface area contributed by atoms with Crippen LogP contribution in [0.1, 0.15) is 25.1 Å². The van der Waals surface area contributed by atoms with Crippen LogP contribution < -0.4 is 20.1 Å². The minimum atomic E-state index is -0.733. The summed E-state index contributed by atoms with van der Waals surface area (Å²) >= 11 is 0. The molecule has 0 radical (unpaired) electrons. The summed E-state index contributed by atoms with van der Waals surface area (Å²) in [6, 6.07) is 9.02. The maximum Gasteiger partial charge on any atom is 0.352 e. The van der Waals surface area contributed by atoms with E-state index in [1.54, 1.807) is 16.7 Å². The normalized spacial score (nSPS) is 14.4. The number of hydrogen-bond donors (Lipinski definition) is 0. The molecule has 3 heterocycles. The van der Waals surface area contributed by atoms with Crippen LogP contribution in [0.2, 0.25) is 0 Å². The van der Waals surface area contributed by atoms with Crippen LogP contribution in [0.4, 0.5) is 14.6 Å². The first-order valence-electron chi connectivity index (χ1n) is 9.72. The van der Waals surface area contributed by atoms with Gasteiger partial charge in [0.25, 0.3) is 0 Å². The Morgan fingerprint density at radius 2 is 2.00 bits per heavy atom. The fourth-order valence-corrected chi connectivity index (χ4v) is 3.37. The molecule has 7 nitrogen and oxygen atoms in total. The highest BCUT2D eigenvalue weighted by molar-refractivity contribution is 5.48. The van der Waals surface area contributed by atoms with Crippen LogP contribution in [0.5, 0.6) is 17.4 Å². The van der Waals surface area contributed by atoms with Gasteiger partial charge in [-0.25, -0.2) is 13.6 Å². The fourth-order valence-electron chi connectivity index (χ4n) is 3.37. The number of alkyl halides is 1. The molecule has 0 fully saturated rings. The highest BCUT2D eigenvalue weighted by Crippen LogP contribution is 2.32. The highest BCUT2D eigenvalue weighted by atomic mass is 19.1. The first kappa shape index (κ1) is 20.8. The fraction of sp³-hybridized carbons (Fsp3) is 0.318. The lowest BCUT2D eigenvalue weighted by Gasteiger charge is -2.28. The largest absolute Gasteiger partial charge is 0.473 e. The molecule has 0 saturated heterocycles. The smallest absolute Gasteiger partial charge is 0.352 e. The molecule has 3 aromatic rings. The molecule has 0 amide bonds. The maximum absolute atomic E-state index is 14.5. The third-order valence-corrected chi connectivity index (χ3v) is 5.30. The van der Waals surface area contributed by atoms with Crippen molar-refractivity contribution in [1.29, 1.82) is 0 Å². The van der Waals surface area contributed by atoms with Gasteiger partial charge in [-0.2, -0.15) is 4.98 Å². The van der Waals surface area contributed by atoms with E-state index in [4.69, 9.17) is 9.47 Å². The summed E-state index contributed by atoms with van der Waals surface area (Å²) in [5.74, 6) is 0.595. The second-order valence-corrected chi connectivity index (χ2v) is 7.96. The molecular weight excluding hydrogens is 406 g/mol. The van der Waals surface area contributed by atoms with Crippen molar-refractivity contribution in [2.24, 2.45) is 0 Å². The molecule has 31 heavy (non-hydrogen) atoms. The summed E-state index contributed by atoms with van der Waals surface area (Å²) in [5.41, 5.74) is 0.158. The van der Waals surface area contributed by atoms with Gasteiger partial charge in [0.2, 0.25) is 5.88 Å². The standard InChI is InChI=1S/C22H22F2N4O3/c1-22(2)13-28-20(27(22)3)10-19(26-21(28)29)30-12-14-4-5-18(17(24)8-14)31-16-6-7-25-15(9-16)11-23/h4-10H,11-13H2,1-3H3. The van der Waals surface area contributed by atoms with Gasteiger partial charge < -0.3 is 14.4 Å². The lowest BCUT2D eigenvalue weighted by atomic mass is 10.1. The molecule has 0 saturated carbocycles. The Morgan fingerprint density at radius 3 is 2.74 bits per heavy atom. The van der Waals surface area contributed by atoms with Crippen molar-refractivity contribution in [2.45, 2.75) is 39.2 Å². The number of anilines is 1. The maximum atomic E-state index is 14.5. The van der Waals surface area contributed by atoms with E-state index in [0.29, 0.717) is 17.9 Å². The van der Waals surface area contributed by atoms with Gasteiger partial charge in [0.1, 0.15) is 24.8 Å². The van der Waals surface area contributed by atoms with E-state index in [1.807, 2.05) is 25.8 Å². The summed E-state index contributed by atoms with van der Waals surface area (Å²) in [5, 5.41) is 0. The minimum absolute atomic E-state index is 0.00230. The molecule has 0 N–H and O–H groups in total. The Labute approximate surface area is 177 Å². The van der Waals surface area contributed by atoms with Crippen molar-refractivity contribution in [3.63, 3.8) is 0 Å². The van der Waals surface area contributed by atoms with Crippen LogP contribution in [0, 0.1) is 5.82 Å². The van der Waals surface area contributed by atoms with Crippen LogP contribution in [0.3, 0.4) is 0 Å². The molecule has 2 aromatic heterocycles. The lowest BCUT2D eigenvalue weighted by Crippen LogP contribution is -2.38. The third kappa shape index (κ3) is 4.21. The van der Waals surface area contributed by atoms with Crippen LogP contribution in [0.25, 0.3) is 0 Å². The Morgan fingerprint density at radius 1 is 1.19 bits per heavy atom. The molecule has 4 rings (SSSR count). The summed E-state index contributed by atoms with van der Waals surface area (Å²) in [7, 11) is 1.91. The van der Waals surface area contributed by atoms with E-state index in [1.165, 1.54) is 30.5 Å². The van der Waals surface area contributed by atoms with Gasteiger partial charge >= 0.3 is 5.69 Å². The molecule has 1 aliphatic heterocycles. The van der Waals surface area contributed by atoms with Gasteiger partial charge in [-0.05, 0) is 37.6 Å². The summed E-state index contributed by atoms with van der Waals surface area (Å²) in [4.78, 5) is 22.1. The van der Waals surface area contributed by atoms with Crippen LogP contribution >= 0.6 is 0 Å². The number of aromatic nitrogens is 3. The van der Waals surface area contributed by atoms with E-state index in [2.05, 4.69) is 9.97 Å². The number of hydrogen-bond acceptors (Lipinski definition) is 6. The second-order valence-electron chi connectivity index (χ2n) is 7.96. The number of pyridine rings is 1. The molecule has 0 unspecified atom stereocenters. The van der Waals surface area contributed by atoms with E-state index >= 15 is 0 Å². The first-order chi connectivity index (χ1) is 14.8. The topological polar surface area (TPSA) is 69.5 Å². The molecule has 9 heteroatoms. The molecule has 1 aliphatic rings. The van der Waals surface area contributed by atoms with Crippen molar-refractivity contribution in [1.82, 2.24) is 14.5 Å². The van der Waals surface area contributed by atoms with E-state index in [-0.39, 0.29) is 35.2 Å². The zero-order valence-electron chi connectivity index (χ0n) is 17.4. The molecule has 0 spiro atoms. The number of likely N-dealkylation sites (N-methyl/N-ethyl adjacent to an activating group) is 1. The summed E-state index contributed by atoms with van der Waals surface area (Å²) < 4.78 is 39.9. The average Bonchev–Trinajstić information content (AvgIpc) is 2.98. The number of nitrogens with zero attached hydrogens (tertiary/aromatic N) is 4. The first-order valence-corrected chi connectivity index (χ1v) is 9.72. The molecule has 162 valence electrons. The van der Waals surface area contributed by atoms with Crippen LogP contribution in [-0.2, 0) is 19.8 Å². The number of halogens is 2. The van der Waals surface area contributed by atoms with Crippen LogP contribution in [0.15, 0.2) is 47.4 Å². The highest BCUT2D eigenvalue weighted by Gasteiger charge is 2.34. The Hall–Kier alpha value is -3.49. The van der Waals surface area contributed by atoms with Crippen molar-refractivity contribution in [3.05, 3.63) is 70.2 Å². The minimum Gasteiger partial charge on any atom is -0.473 e. The Bertz CT molecular complexity index is 1180. The number of rotatable bonds is 6. The lowest BCUT2D eigenvalue weighted by molar-refractivity contribution is 0.290. The summed E-state index contributed by atoms with van der Waals surface area (Å²) in [6.07, 6.45) is 1.40. The van der Waals surface area contributed by atoms with E-state index in [9.17, 15) is 13.6 Å². The molecule has 0 bridgehead atoms. The van der Waals surface area contributed by atoms with E-state index in [0.717, 1.165) is 5.82 Å². The third-order valence-electron chi connectivity index (χ3n) is 5.30.